The van der Waals surface area contributed by atoms with Crippen LogP contribution in [0.15, 0.2) is 6.07 Å². The molecule has 0 aliphatic heterocycles. The Balaban J connectivity index is 2.13. The second-order valence-electron chi connectivity index (χ2n) is 4.96. The third-order valence-electron chi connectivity index (χ3n) is 3.59. The van der Waals surface area contributed by atoms with Gasteiger partial charge in [0, 0.05) is 24.1 Å². The Morgan fingerprint density at radius 1 is 1.50 bits per heavy atom. The maximum atomic E-state index is 12.0. The van der Waals surface area contributed by atoms with Crippen LogP contribution in [0.2, 0.25) is 0 Å². The Labute approximate surface area is 96.8 Å². The minimum Gasteiger partial charge on any atom is -0.299 e. The van der Waals surface area contributed by atoms with Gasteiger partial charge in [0.05, 0.1) is 5.69 Å². The number of ketones is 1. The monoisotopic (exact) mass is 220 g/mol. The highest BCUT2D eigenvalue weighted by atomic mass is 16.1. The van der Waals surface area contributed by atoms with E-state index >= 15 is 0 Å². The molecule has 1 heterocycles. The van der Waals surface area contributed by atoms with Crippen LogP contribution in [0.1, 0.15) is 45.0 Å². The van der Waals surface area contributed by atoms with Crippen LogP contribution in [-0.4, -0.2) is 15.6 Å². The lowest BCUT2D eigenvalue weighted by atomic mass is 9.99. The zero-order valence-electron chi connectivity index (χ0n) is 10.4. The van der Waals surface area contributed by atoms with Crippen LogP contribution in [-0.2, 0) is 24.2 Å². The first-order chi connectivity index (χ1) is 7.59. The van der Waals surface area contributed by atoms with E-state index in [0.29, 0.717) is 12.2 Å². The highest BCUT2D eigenvalue weighted by molar-refractivity contribution is 5.88. The molecular weight excluding hydrogens is 200 g/mol. The van der Waals surface area contributed by atoms with Crippen molar-refractivity contribution in [2.24, 2.45) is 5.41 Å². The van der Waals surface area contributed by atoms with Gasteiger partial charge < -0.3 is 0 Å². The third kappa shape index (κ3) is 2.04. The average Bonchev–Trinajstić information content (AvgIpc) is 2.91. The Morgan fingerprint density at radius 3 is 2.69 bits per heavy atom. The van der Waals surface area contributed by atoms with Gasteiger partial charge in [0.1, 0.15) is 5.78 Å². The van der Waals surface area contributed by atoms with Gasteiger partial charge in [-0.2, -0.15) is 5.10 Å². The van der Waals surface area contributed by atoms with Crippen molar-refractivity contribution >= 4 is 5.78 Å². The Morgan fingerprint density at radius 2 is 2.19 bits per heavy atom. The molecule has 88 valence electrons. The van der Waals surface area contributed by atoms with Crippen molar-refractivity contribution in [1.29, 1.82) is 0 Å². The van der Waals surface area contributed by atoms with Crippen molar-refractivity contribution in [3.63, 3.8) is 0 Å². The number of hydrogen-bond donors (Lipinski definition) is 0. The summed E-state index contributed by atoms with van der Waals surface area (Å²) in [4.78, 5) is 12.0. The first-order valence-electron chi connectivity index (χ1n) is 6.18. The molecule has 1 aliphatic rings. The second-order valence-corrected chi connectivity index (χ2v) is 4.96. The number of carbonyl (C=O) groups is 1. The van der Waals surface area contributed by atoms with Gasteiger partial charge in [0.25, 0.3) is 0 Å². The van der Waals surface area contributed by atoms with E-state index < -0.39 is 0 Å². The van der Waals surface area contributed by atoms with Crippen LogP contribution in [0.3, 0.4) is 0 Å². The van der Waals surface area contributed by atoms with Crippen LogP contribution in [0.5, 0.6) is 0 Å². The molecule has 0 amide bonds. The van der Waals surface area contributed by atoms with Crippen LogP contribution >= 0.6 is 0 Å². The molecule has 1 saturated carbocycles. The van der Waals surface area contributed by atoms with Crippen LogP contribution in [0.4, 0.5) is 0 Å². The average molecular weight is 220 g/mol. The van der Waals surface area contributed by atoms with Gasteiger partial charge in [0.15, 0.2) is 0 Å². The smallest absolute Gasteiger partial charge is 0.144 e. The quantitative estimate of drug-likeness (QED) is 0.763. The fourth-order valence-electron chi connectivity index (χ4n) is 1.95. The summed E-state index contributed by atoms with van der Waals surface area (Å²) in [7, 11) is 0. The normalized spacial score (nSPS) is 17.4. The first kappa shape index (κ1) is 11.4. The number of rotatable bonds is 5. The van der Waals surface area contributed by atoms with E-state index in [-0.39, 0.29) is 5.41 Å². The maximum absolute atomic E-state index is 12.0. The molecule has 0 unspecified atom stereocenters. The van der Waals surface area contributed by atoms with Gasteiger partial charge in [-0.1, -0.05) is 13.8 Å². The highest BCUT2D eigenvalue weighted by Crippen LogP contribution is 2.46. The van der Waals surface area contributed by atoms with E-state index in [0.717, 1.165) is 37.2 Å². The van der Waals surface area contributed by atoms with Crippen molar-refractivity contribution in [3.05, 3.63) is 17.5 Å². The van der Waals surface area contributed by atoms with Crippen LogP contribution < -0.4 is 0 Å². The molecule has 1 fully saturated rings. The number of aromatic nitrogens is 2. The lowest BCUT2D eigenvalue weighted by Crippen LogP contribution is -2.17. The predicted molar refractivity (Wildman–Crippen MR) is 63.3 cm³/mol. The number of hydrogen-bond acceptors (Lipinski definition) is 2. The van der Waals surface area contributed by atoms with Gasteiger partial charge in [-0.15, -0.1) is 0 Å². The molecule has 3 heteroatoms. The Kier molecular flexibility index (Phi) is 2.87. The van der Waals surface area contributed by atoms with Crippen molar-refractivity contribution in [2.75, 3.05) is 0 Å². The minimum atomic E-state index is -0.0186. The summed E-state index contributed by atoms with van der Waals surface area (Å²) >= 11 is 0. The topological polar surface area (TPSA) is 34.9 Å². The van der Waals surface area contributed by atoms with Crippen molar-refractivity contribution in [3.8, 4) is 0 Å². The van der Waals surface area contributed by atoms with Gasteiger partial charge in [-0.3, -0.25) is 9.48 Å². The summed E-state index contributed by atoms with van der Waals surface area (Å²) in [5, 5.41) is 4.47. The van der Waals surface area contributed by atoms with Gasteiger partial charge in [0.2, 0.25) is 0 Å². The maximum Gasteiger partial charge on any atom is 0.144 e. The predicted octanol–water partition coefficient (Wildman–Crippen LogP) is 2.38. The molecule has 1 aliphatic carbocycles. The summed E-state index contributed by atoms with van der Waals surface area (Å²) in [6.07, 6.45) is 3.61. The largest absolute Gasteiger partial charge is 0.299 e. The summed E-state index contributed by atoms with van der Waals surface area (Å²) in [6, 6.07) is 2.08. The Bertz CT molecular complexity index is 402. The summed E-state index contributed by atoms with van der Waals surface area (Å²) in [6.45, 7) is 7.08. The van der Waals surface area contributed by atoms with E-state index in [1.54, 1.807) is 0 Å². The third-order valence-corrected chi connectivity index (χ3v) is 3.59. The second kappa shape index (κ2) is 4.04. The van der Waals surface area contributed by atoms with Crippen molar-refractivity contribution in [2.45, 2.75) is 53.0 Å². The van der Waals surface area contributed by atoms with E-state index in [4.69, 9.17) is 0 Å². The molecule has 0 radical (unpaired) electrons. The summed E-state index contributed by atoms with van der Waals surface area (Å²) < 4.78 is 1.96. The molecule has 0 bridgehead atoms. The number of Topliss-reactive ketones (excluding diaryl/α,β-unsaturated/α-hetero) is 1. The SMILES string of the molecule is CCc1cc(CC(=O)C2(C)CC2)n(CC)n1. The van der Waals surface area contributed by atoms with Gasteiger partial charge >= 0.3 is 0 Å². The molecule has 0 aromatic carbocycles. The molecule has 16 heavy (non-hydrogen) atoms. The fraction of sp³-hybridized carbons (Fsp3) is 0.692. The molecule has 1 aromatic rings. The van der Waals surface area contributed by atoms with E-state index in [9.17, 15) is 4.79 Å². The van der Waals surface area contributed by atoms with Gasteiger partial charge in [-0.25, -0.2) is 0 Å². The highest BCUT2D eigenvalue weighted by Gasteiger charge is 2.44. The van der Waals surface area contributed by atoms with Crippen molar-refractivity contribution < 1.29 is 4.79 Å². The minimum absolute atomic E-state index is 0.0186. The standard InChI is InChI=1S/C13H20N2O/c1-4-10-8-11(15(5-2)14-10)9-12(16)13(3)6-7-13/h8H,4-7,9H2,1-3H3. The van der Waals surface area contributed by atoms with Crippen molar-refractivity contribution in [1.82, 2.24) is 9.78 Å². The summed E-state index contributed by atoms with van der Waals surface area (Å²) in [5.41, 5.74) is 2.15. The zero-order valence-corrected chi connectivity index (χ0v) is 10.4. The van der Waals surface area contributed by atoms with Gasteiger partial charge in [-0.05, 0) is 32.3 Å². The fourth-order valence-corrected chi connectivity index (χ4v) is 1.95. The van der Waals surface area contributed by atoms with Crippen LogP contribution in [0.25, 0.3) is 0 Å². The molecular formula is C13H20N2O. The van der Waals surface area contributed by atoms with E-state index in [2.05, 4.69) is 31.9 Å². The summed E-state index contributed by atoms with van der Waals surface area (Å²) in [5.74, 6) is 0.379. The molecule has 3 nitrogen and oxygen atoms in total. The first-order valence-corrected chi connectivity index (χ1v) is 6.18. The van der Waals surface area contributed by atoms with E-state index in [1.807, 2.05) is 4.68 Å². The molecule has 0 saturated heterocycles. The number of nitrogens with zero attached hydrogens (tertiary/aromatic N) is 2. The van der Waals surface area contributed by atoms with Crippen LogP contribution in [0, 0.1) is 5.41 Å². The Hall–Kier alpha value is -1.12. The molecule has 0 spiro atoms. The molecule has 1 aromatic heterocycles. The molecule has 0 N–H and O–H groups in total. The zero-order chi connectivity index (χ0) is 11.8. The number of aryl methyl sites for hydroxylation is 2. The van der Waals surface area contributed by atoms with E-state index in [1.165, 1.54) is 0 Å². The lowest BCUT2D eigenvalue weighted by molar-refractivity contribution is -0.123. The molecule has 0 atom stereocenters. The number of carbonyl (C=O) groups excluding carboxylic acids is 1. The lowest BCUT2D eigenvalue weighted by Gasteiger charge is -2.07. The molecule has 2 rings (SSSR count).